The quantitative estimate of drug-likeness (QED) is 0.791. The molecule has 0 radical (unpaired) electrons. The molecule has 0 aromatic heterocycles. The van der Waals surface area contributed by atoms with Gasteiger partial charge in [0.15, 0.2) is 0 Å². The number of hydrogen-bond donors (Lipinski definition) is 2. The summed E-state index contributed by atoms with van der Waals surface area (Å²) >= 11 is 0. The highest BCUT2D eigenvalue weighted by Crippen LogP contribution is 2.28. The molecule has 0 amide bonds. The highest BCUT2D eigenvalue weighted by atomic mass is 16.3. The molecule has 2 aromatic rings. The Hall–Kier alpha value is -1.80. The van der Waals surface area contributed by atoms with Crippen LogP contribution in [0.25, 0.3) is 11.1 Å². The number of nitrogens with two attached hydrogens (primary N) is 1. The number of nitrogen functional groups attached to an aromatic ring is 1. The van der Waals surface area contributed by atoms with Gasteiger partial charge in [-0.1, -0.05) is 30.3 Å². The molecule has 3 N–H and O–H groups in total. The van der Waals surface area contributed by atoms with Crippen molar-refractivity contribution in [2.75, 3.05) is 5.73 Å². The molecule has 0 atom stereocenters. The number of aryl methyl sites for hydroxylation is 1. The van der Waals surface area contributed by atoms with Gasteiger partial charge in [0.1, 0.15) is 0 Å². The summed E-state index contributed by atoms with van der Waals surface area (Å²) in [5, 5.41) is 9.99. The molecule has 2 aromatic carbocycles. The van der Waals surface area contributed by atoms with E-state index in [9.17, 15) is 5.11 Å². The second kappa shape index (κ2) is 4.46. The Balaban J connectivity index is 2.45. The Morgan fingerprint density at radius 3 is 2.11 bits per heavy atom. The van der Waals surface area contributed by atoms with Crippen molar-refractivity contribution in [1.82, 2.24) is 0 Å². The Kier molecular flexibility index (Phi) is 3.14. The van der Waals surface area contributed by atoms with Crippen LogP contribution in [0.3, 0.4) is 0 Å². The number of benzene rings is 2. The lowest BCUT2D eigenvalue weighted by Crippen LogP contribution is -2.15. The maximum atomic E-state index is 9.99. The molecule has 94 valence electrons. The summed E-state index contributed by atoms with van der Waals surface area (Å²) in [4.78, 5) is 0. The third kappa shape index (κ3) is 2.54. The van der Waals surface area contributed by atoms with Crippen molar-refractivity contribution in [3.05, 3.63) is 53.6 Å². The van der Waals surface area contributed by atoms with Crippen molar-refractivity contribution in [2.24, 2.45) is 0 Å². The van der Waals surface area contributed by atoms with E-state index in [1.807, 2.05) is 42.5 Å². The van der Waals surface area contributed by atoms with Crippen molar-refractivity contribution in [2.45, 2.75) is 26.4 Å². The molecule has 0 heterocycles. The van der Waals surface area contributed by atoms with Crippen molar-refractivity contribution in [3.8, 4) is 11.1 Å². The minimum absolute atomic E-state index is 0.768. The van der Waals surface area contributed by atoms with Crippen LogP contribution in [0, 0.1) is 6.92 Å². The zero-order valence-corrected chi connectivity index (χ0v) is 11.1. The molecule has 0 saturated heterocycles. The average Bonchev–Trinajstić information content (AvgIpc) is 2.29. The first-order chi connectivity index (χ1) is 8.38. The Morgan fingerprint density at radius 1 is 1.00 bits per heavy atom. The van der Waals surface area contributed by atoms with Gasteiger partial charge in [-0.2, -0.15) is 0 Å². The first-order valence-corrected chi connectivity index (χ1v) is 6.07. The fourth-order valence-corrected chi connectivity index (χ4v) is 2.03. The third-order valence-corrected chi connectivity index (χ3v) is 3.15. The molecule has 0 unspecified atom stereocenters. The van der Waals surface area contributed by atoms with E-state index in [1.165, 1.54) is 5.56 Å². The summed E-state index contributed by atoms with van der Waals surface area (Å²) in [6, 6.07) is 13.9. The van der Waals surface area contributed by atoms with Gasteiger partial charge in [0.2, 0.25) is 0 Å². The standard InChI is InChI=1S/C16H19NO/c1-11-10-13(16(2,3)18)6-9-15(11)12-4-7-14(17)8-5-12/h4-10,18H,17H2,1-3H3. The van der Waals surface area contributed by atoms with Gasteiger partial charge in [-0.15, -0.1) is 0 Å². The molecule has 18 heavy (non-hydrogen) atoms. The van der Waals surface area contributed by atoms with E-state index in [0.29, 0.717) is 0 Å². The van der Waals surface area contributed by atoms with Crippen LogP contribution in [0.15, 0.2) is 42.5 Å². The monoisotopic (exact) mass is 241 g/mol. The largest absolute Gasteiger partial charge is 0.399 e. The van der Waals surface area contributed by atoms with E-state index >= 15 is 0 Å². The van der Waals surface area contributed by atoms with Crippen molar-refractivity contribution in [1.29, 1.82) is 0 Å². The number of rotatable bonds is 2. The van der Waals surface area contributed by atoms with Gasteiger partial charge in [0.25, 0.3) is 0 Å². The molecule has 0 aliphatic rings. The molecule has 0 fully saturated rings. The van der Waals surface area contributed by atoms with E-state index in [-0.39, 0.29) is 0 Å². The highest BCUT2D eigenvalue weighted by Gasteiger charge is 2.16. The molecule has 2 nitrogen and oxygen atoms in total. The predicted octanol–water partition coefficient (Wildman–Crippen LogP) is 3.47. The lowest BCUT2D eigenvalue weighted by Gasteiger charge is -2.19. The third-order valence-electron chi connectivity index (χ3n) is 3.15. The maximum absolute atomic E-state index is 9.99. The van der Waals surface area contributed by atoms with Crippen LogP contribution < -0.4 is 5.73 Å². The Bertz CT molecular complexity index is 550. The van der Waals surface area contributed by atoms with Crippen LogP contribution in [-0.2, 0) is 5.60 Å². The molecule has 0 bridgehead atoms. The first kappa shape index (κ1) is 12.7. The first-order valence-electron chi connectivity index (χ1n) is 6.07. The lowest BCUT2D eigenvalue weighted by atomic mass is 9.92. The highest BCUT2D eigenvalue weighted by molar-refractivity contribution is 5.69. The molecular formula is C16H19NO. The molecule has 2 rings (SSSR count). The van der Waals surface area contributed by atoms with Gasteiger partial charge in [0, 0.05) is 5.69 Å². The van der Waals surface area contributed by atoms with Crippen LogP contribution in [0.5, 0.6) is 0 Å². The molecule has 0 aliphatic carbocycles. The minimum atomic E-state index is -0.801. The van der Waals surface area contributed by atoms with E-state index < -0.39 is 5.60 Å². The summed E-state index contributed by atoms with van der Waals surface area (Å²) in [6.07, 6.45) is 0. The molecule has 2 heteroatoms. The zero-order chi connectivity index (χ0) is 13.3. The van der Waals surface area contributed by atoms with Crippen molar-refractivity contribution >= 4 is 5.69 Å². The average molecular weight is 241 g/mol. The van der Waals surface area contributed by atoms with E-state index in [4.69, 9.17) is 5.73 Å². The summed E-state index contributed by atoms with van der Waals surface area (Å²) in [7, 11) is 0. The zero-order valence-electron chi connectivity index (χ0n) is 11.1. The minimum Gasteiger partial charge on any atom is -0.399 e. The fourth-order valence-electron chi connectivity index (χ4n) is 2.03. The van der Waals surface area contributed by atoms with Crippen LogP contribution in [0.4, 0.5) is 5.69 Å². The van der Waals surface area contributed by atoms with Crippen LogP contribution in [0.1, 0.15) is 25.0 Å². The SMILES string of the molecule is Cc1cc(C(C)(C)O)ccc1-c1ccc(N)cc1. The Labute approximate surface area is 108 Å². The van der Waals surface area contributed by atoms with Gasteiger partial charge in [0.05, 0.1) is 5.60 Å². The predicted molar refractivity (Wildman–Crippen MR) is 76.3 cm³/mol. The number of hydrogen-bond acceptors (Lipinski definition) is 2. The van der Waals surface area contributed by atoms with Crippen molar-refractivity contribution < 1.29 is 5.11 Å². The number of anilines is 1. The normalized spacial score (nSPS) is 11.6. The molecule has 0 spiro atoms. The van der Waals surface area contributed by atoms with E-state index in [2.05, 4.69) is 6.92 Å². The summed E-state index contributed by atoms with van der Waals surface area (Å²) in [5.74, 6) is 0. The van der Waals surface area contributed by atoms with Crippen molar-refractivity contribution in [3.63, 3.8) is 0 Å². The fraction of sp³-hybridized carbons (Fsp3) is 0.250. The summed E-state index contributed by atoms with van der Waals surface area (Å²) in [5.41, 5.74) is 10.1. The van der Waals surface area contributed by atoms with E-state index in [0.717, 1.165) is 22.4 Å². The molecular weight excluding hydrogens is 222 g/mol. The molecule has 0 saturated carbocycles. The van der Waals surface area contributed by atoms with Gasteiger partial charge in [-0.3, -0.25) is 0 Å². The number of aliphatic hydroxyl groups is 1. The van der Waals surface area contributed by atoms with Gasteiger partial charge in [-0.25, -0.2) is 0 Å². The summed E-state index contributed by atoms with van der Waals surface area (Å²) in [6.45, 7) is 5.65. The van der Waals surface area contributed by atoms with Gasteiger partial charge < -0.3 is 10.8 Å². The van der Waals surface area contributed by atoms with Crippen LogP contribution in [0.2, 0.25) is 0 Å². The van der Waals surface area contributed by atoms with E-state index in [1.54, 1.807) is 13.8 Å². The maximum Gasteiger partial charge on any atom is 0.0840 e. The lowest BCUT2D eigenvalue weighted by molar-refractivity contribution is 0.0785. The summed E-state index contributed by atoms with van der Waals surface area (Å²) < 4.78 is 0. The van der Waals surface area contributed by atoms with Gasteiger partial charge in [-0.05, 0) is 55.2 Å². The van der Waals surface area contributed by atoms with Gasteiger partial charge >= 0.3 is 0 Å². The second-order valence-corrected chi connectivity index (χ2v) is 5.21. The Morgan fingerprint density at radius 2 is 1.61 bits per heavy atom. The molecule has 0 aliphatic heterocycles. The smallest absolute Gasteiger partial charge is 0.0840 e. The topological polar surface area (TPSA) is 46.2 Å². The van der Waals surface area contributed by atoms with Crippen LogP contribution >= 0.6 is 0 Å². The second-order valence-electron chi connectivity index (χ2n) is 5.21. The van der Waals surface area contributed by atoms with Crippen LogP contribution in [-0.4, -0.2) is 5.11 Å².